The molecular formula is C24H37N. The van der Waals surface area contributed by atoms with Crippen molar-refractivity contribution in [1.82, 2.24) is 0 Å². The van der Waals surface area contributed by atoms with E-state index in [0.29, 0.717) is 5.92 Å². The molecule has 0 aliphatic heterocycles. The van der Waals surface area contributed by atoms with Gasteiger partial charge in [0.1, 0.15) is 0 Å². The lowest BCUT2D eigenvalue weighted by Gasteiger charge is -2.32. The van der Waals surface area contributed by atoms with E-state index in [0.717, 1.165) is 0 Å². The third-order valence-electron chi connectivity index (χ3n) is 5.44. The average Bonchev–Trinajstić information content (AvgIpc) is 2.59. The summed E-state index contributed by atoms with van der Waals surface area (Å²) in [6.45, 7) is 6.65. The van der Waals surface area contributed by atoms with Crippen molar-refractivity contribution in [2.75, 3.05) is 0 Å². The summed E-state index contributed by atoms with van der Waals surface area (Å²) in [6, 6.07) is 15.4. The van der Waals surface area contributed by atoms with E-state index in [9.17, 15) is 0 Å². The van der Waals surface area contributed by atoms with Crippen LogP contribution in [-0.4, -0.2) is 5.54 Å². The molecule has 1 nitrogen and oxygen atoms in total. The molecular weight excluding hydrogens is 302 g/mol. The maximum absolute atomic E-state index is 6.60. The van der Waals surface area contributed by atoms with Crippen molar-refractivity contribution in [1.29, 1.82) is 0 Å². The summed E-state index contributed by atoms with van der Waals surface area (Å²) in [5.74, 6) is 0.415. The lowest BCUT2D eigenvalue weighted by atomic mass is 9.77. The average molecular weight is 340 g/mol. The van der Waals surface area contributed by atoms with Gasteiger partial charge in [-0.1, -0.05) is 101 Å². The Morgan fingerprint density at radius 2 is 1.40 bits per heavy atom. The molecule has 1 heteroatoms. The van der Waals surface area contributed by atoms with E-state index in [4.69, 9.17) is 5.73 Å². The quantitative estimate of drug-likeness (QED) is 0.431. The smallest absolute Gasteiger partial charge is 0.0166 e. The van der Waals surface area contributed by atoms with Crippen LogP contribution in [0.1, 0.15) is 90.0 Å². The van der Waals surface area contributed by atoms with E-state index in [1.165, 1.54) is 74.1 Å². The van der Waals surface area contributed by atoms with Gasteiger partial charge in [-0.2, -0.15) is 0 Å². The zero-order valence-corrected chi connectivity index (χ0v) is 16.6. The second-order valence-electron chi connectivity index (χ2n) is 8.21. The Bertz CT molecular complexity index is 618. The van der Waals surface area contributed by atoms with Crippen molar-refractivity contribution in [3.8, 4) is 0 Å². The molecule has 2 aromatic rings. The Hall–Kier alpha value is -1.34. The molecule has 2 rings (SSSR count). The Morgan fingerprint density at radius 1 is 0.800 bits per heavy atom. The van der Waals surface area contributed by atoms with Crippen molar-refractivity contribution in [3.63, 3.8) is 0 Å². The lowest BCUT2D eigenvalue weighted by molar-refractivity contribution is 0.378. The van der Waals surface area contributed by atoms with Gasteiger partial charge in [-0.05, 0) is 36.6 Å². The van der Waals surface area contributed by atoms with E-state index in [1.807, 2.05) is 0 Å². The van der Waals surface area contributed by atoms with Crippen LogP contribution in [0.3, 0.4) is 0 Å². The maximum atomic E-state index is 6.60. The first-order chi connectivity index (χ1) is 12.0. The number of hydrogen-bond donors (Lipinski definition) is 1. The first-order valence-corrected chi connectivity index (χ1v) is 10.3. The molecule has 0 spiro atoms. The third-order valence-corrected chi connectivity index (χ3v) is 5.44. The Kier molecular flexibility index (Phi) is 7.96. The van der Waals surface area contributed by atoms with Crippen molar-refractivity contribution < 1.29 is 0 Å². The minimum absolute atomic E-state index is 0.189. The van der Waals surface area contributed by atoms with Crippen LogP contribution >= 0.6 is 0 Å². The van der Waals surface area contributed by atoms with Crippen LogP contribution in [0, 0.1) is 0 Å². The van der Waals surface area contributed by atoms with Crippen LogP contribution in [0.15, 0.2) is 42.5 Å². The Morgan fingerprint density at radius 3 is 2.08 bits per heavy atom. The van der Waals surface area contributed by atoms with E-state index in [2.05, 4.69) is 63.2 Å². The van der Waals surface area contributed by atoms with Crippen LogP contribution in [0.25, 0.3) is 10.8 Å². The highest BCUT2D eigenvalue weighted by Gasteiger charge is 2.27. The summed E-state index contributed by atoms with van der Waals surface area (Å²) in [4.78, 5) is 0. The summed E-state index contributed by atoms with van der Waals surface area (Å²) in [7, 11) is 0. The SMILES string of the molecule is CCCCCCCCCCC(c1cccc2ccccc12)C(C)(C)N. The predicted octanol–water partition coefficient (Wildman–Crippen LogP) is 7.19. The van der Waals surface area contributed by atoms with Gasteiger partial charge in [0.15, 0.2) is 0 Å². The molecule has 0 aromatic heterocycles. The van der Waals surface area contributed by atoms with Crippen molar-refractivity contribution in [2.24, 2.45) is 5.73 Å². The molecule has 0 bridgehead atoms. The summed E-state index contributed by atoms with van der Waals surface area (Å²) >= 11 is 0. The van der Waals surface area contributed by atoms with Crippen LogP contribution < -0.4 is 5.73 Å². The van der Waals surface area contributed by atoms with Crippen molar-refractivity contribution >= 4 is 10.8 Å². The van der Waals surface area contributed by atoms with Crippen LogP contribution in [-0.2, 0) is 0 Å². The van der Waals surface area contributed by atoms with Gasteiger partial charge in [-0.15, -0.1) is 0 Å². The van der Waals surface area contributed by atoms with Crippen LogP contribution in [0.5, 0.6) is 0 Å². The monoisotopic (exact) mass is 339 g/mol. The van der Waals surface area contributed by atoms with Crippen molar-refractivity contribution in [3.05, 3.63) is 48.0 Å². The maximum Gasteiger partial charge on any atom is 0.0166 e. The fourth-order valence-corrected chi connectivity index (χ4v) is 3.96. The number of hydrogen-bond acceptors (Lipinski definition) is 1. The fraction of sp³-hybridized carbons (Fsp3) is 0.583. The molecule has 0 fully saturated rings. The molecule has 1 unspecified atom stereocenters. The van der Waals surface area contributed by atoms with E-state index in [-0.39, 0.29) is 5.54 Å². The first kappa shape index (κ1) is 20.0. The molecule has 0 aliphatic rings. The van der Waals surface area contributed by atoms with Gasteiger partial charge in [0.05, 0.1) is 0 Å². The Balaban J connectivity index is 1.96. The van der Waals surface area contributed by atoms with E-state index >= 15 is 0 Å². The molecule has 2 aromatic carbocycles. The highest BCUT2D eigenvalue weighted by atomic mass is 14.7. The summed E-state index contributed by atoms with van der Waals surface area (Å²) in [6.07, 6.45) is 12.1. The van der Waals surface area contributed by atoms with Gasteiger partial charge in [0, 0.05) is 11.5 Å². The lowest BCUT2D eigenvalue weighted by Crippen LogP contribution is -2.39. The van der Waals surface area contributed by atoms with Gasteiger partial charge in [0.2, 0.25) is 0 Å². The molecule has 2 N–H and O–H groups in total. The Labute approximate surface area is 155 Å². The molecule has 0 saturated heterocycles. The van der Waals surface area contributed by atoms with Gasteiger partial charge in [0.25, 0.3) is 0 Å². The zero-order chi connectivity index (χ0) is 18.1. The minimum atomic E-state index is -0.189. The van der Waals surface area contributed by atoms with E-state index in [1.54, 1.807) is 0 Å². The number of unbranched alkanes of at least 4 members (excludes halogenated alkanes) is 7. The van der Waals surface area contributed by atoms with Crippen molar-refractivity contribution in [2.45, 2.75) is 90.0 Å². The zero-order valence-electron chi connectivity index (χ0n) is 16.6. The van der Waals surface area contributed by atoms with Gasteiger partial charge >= 0.3 is 0 Å². The van der Waals surface area contributed by atoms with Gasteiger partial charge in [-0.25, -0.2) is 0 Å². The molecule has 0 aliphatic carbocycles. The van der Waals surface area contributed by atoms with E-state index < -0.39 is 0 Å². The standard InChI is InChI=1S/C24H37N/c1-4-5-6-7-8-9-10-11-19-23(24(2,3)25)22-18-14-16-20-15-12-13-17-21(20)22/h12-18,23H,4-11,19,25H2,1-3H3. The largest absolute Gasteiger partial charge is 0.325 e. The molecule has 0 amide bonds. The van der Waals surface area contributed by atoms with Gasteiger partial charge < -0.3 is 5.73 Å². The molecule has 0 radical (unpaired) electrons. The first-order valence-electron chi connectivity index (χ1n) is 10.3. The topological polar surface area (TPSA) is 26.0 Å². The minimum Gasteiger partial charge on any atom is -0.325 e. The third kappa shape index (κ3) is 6.15. The summed E-state index contributed by atoms with van der Waals surface area (Å²) in [5, 5.41) is 2.69. The number of fused-ring (bicyclic) bond motifs is 1. The normalized spacial score (nSPS) is 13.3. The van der Waals surface area contributed by atoms with Crippen LogP contribution in [0.2, 0.25) is 0 Å². The molecule has 0 heterocycles. The highest BCUT2D eigenvalue weighted by Crippen LogP contribution is 2.35. The summed E-state index contributed by atoms with van der Waals surface area (Å²) < 4.78 is 0. The predicted molar refractivity (Wildman–Crippen MR) is 112 cm³/mol. The fourth-order valence-electron chi connectivity index (χ4n) is 3.96. The summed E-state index contributed by atoms with van der Waals surface area (Å²) in [5.41, 5.74) is 7.83. The molecule has 0 saturated carbocycles. The molecule has 138 valence electrons. The second kappa shape index (κ2) is 9.97. The van der Waals surface area contributed by atoms with Gasteiger partial charge in [-0.3, -0.25) is 0 Å². The number of rotatable bonds is 11. The van der Waals surface area contributed by atoms with Crippen LogP contribution in [0.4, 0.5) is 0 Å². The highest BCUT2D eigenvalue weighted by molar-refractivity contribution is 5.86. The second-order valence-corrected chi connectivity index (χ2v) is 8.21. The molecule has 1 atom stereocenters. The molecule has 25 heavy (non-hydrogen) atoms. The number of nitrogens with two attached hydrogens (primary N) is 1. The number of benzene rings is 2.